The van der Waals surface area contributed by atoms with Crippen molar-refractivity contribution in [1.29, 1.82) is 0 Å². The first-order valence-corrected chi connectivity index (χ1v) is 4.99. The Balaban J connectivity index is 2.37. The molecule has 0 bridgehead atoms. The zero-order valence-electron chi connectivity index (χ0n) is 8.14. The number of rotatable bonds is 3. The minimum absolute atomic E-state index is 0.851. The van der Waals surface area contributed by atoms with Crippen LogP contribution in [0, 0.1) is 5.92 Å². The first kappa shape index (κ1) is 9.05. The van der Waals surface area contributed by atoms with Gasteiger partial charge in [0, 0.05) is 6.04 Å². The van der Waals surface area contributed by atoms with Crippen LogP contribution in [-0.2, 0) is 0 Å². The SMILES string of the molecule is CCCN1CCCC1C(C)C. The molecule has 0 aromatic rings. The predicted octanol–water partition coefficient (Wildman–Crippen LogP) is 2.52. The number of nitrogens with zero attached hydrogens (tertiary/aromatic N) is 1. The lowest BCUT2D eigenvalue weighted by Gasteiger charge is -2.26. The highest BCUT2D eigenvalue weighted by Gasteiger charge is 2.25. The van der Waals surface area contributed by atoms with Crippen molar-refractivity contribution >= 4 is 0 Å². The third kappa shape index (κ3) is 2.19. The molecule has 1 rings (SSSR count). The van der Waals surface area contributed by atoms with Crippen LogP contribution >= 0.6 is 0 Å². The molecule has 0 aromatic heterocycles. The lowest BCUT2D eigenvalue weighted by Crippen LogP contribution is -2.33. The van der Waals surface area contributed by atoms with Gasteiger partial charge in [-0.1, -0.05) is 20.8 Å². The Bertz CT molecular complexity index is 109. The van der Waals surface area contributed by atoms with E-state index in [1.807, 2.05) is 0 Å². The highest BCUT2D eigenvalue weighted by Crippen LogP contribution is 2.23. The summed E-state index contributed by atoms with van der Waals surface area (Å²) in [6.07, 6.45) is 4.16. The van der Waals surface area contributed by atoms with Crippen LogP contribution in [0.3, 0.4) is 0 Å². The topological polar surface area (TPSA) is 3.24 Å². The predicted molar refractivity (Wildman–Crippen MR) is 49.7 cm³/mol. The molecular formula is C10H21N. The molecule has 0 saturated carbocycles. The molecule has 1 unspecified atom stereocenters. The van der Waals surface area contributed by atoms with E-state index in [0.717, 1.165) is 12.0 Å². The van der Waals surface area contributed by atoms with Crippen LogP contribution in [-0.4, -0.2) is 24.0 Å². The van der Waals surface area contributed by atoms with Gasteiger partial charge >= 0.3 is 0 Å². The highest BCUT2D eigenvalue weighted by atomic mass is 15.2. The van der Waals surface area contributed by atoms with Gasteiger partial charge in [0.15, 0.2) is 0 Å². The normalized spacial score (nSPS) is 26.7. The third-order valence-electron chi connectivity index (χ3n) is 2.69. The maximum Gasteiger partial charge on any atom is 0.0119 e. The Morgan fingerprint density at radius 3 is 2.73 bits per heavy atom. The fraction of sp³-hybridized carbons (Fsp3) is 1.00. The molecule has 1 aliphatic heterocycles. The largest absolute Gasteiger partial charge is 0.300 e. The molecule has 1 aliphatic rings. The molecule has 1 saturated heterocycles. The minimum atomic E-state index is 0.851. The van der Waals surface area contributed by atoms with Crippen molar-refractivity contribution in [2.75, 3.05) is 13.1 Å². The number of likely N-dealkylation sites (tertiary alicyclic amines) is 1. The van der Waals surface area contributed by atoms with Gasteiger partial charge in [0.1, 0.15) is 0 Å². The summed E-state index contributed by atoms with van der Waals surface area (Å²) < 4.78 is 0. The van der Waals surface area contributed by atoms with E-state index in [2.05, 4.69) is 25.7 Å². The van der Waals surface area contributed by atoms with Crippen molar-refractivity contribution in [2.24, 2.45) is 5.92 Å². The van der Waals surface area contributed by atoms with Crippen LogP contribution < -0.4 is 0 Å². The second-order valence-corrected chi connectivity index (χ2v) is 3.99. The zero-order valence-corrected chi connectivity index (χ0v) is 8.14. The summed E-state index contributed by atoms with van der Waals surface area (Å²) in [5.41, 5.74) is 0. The molecule has 0 spiro atoms. The summed E-state index contributed by atoms with van der Waals surface area (Å²) >= 11 is 0. The summed E-state index contributed by atoms with van der Waals surface area (Å²) in [6, 6.07) is 0.884. The van der Waals surface area contributed by atoms with Crippen LogP contribution in [0.5, 0.6) is 0 Å². The summed E-state index contributed by atoms with van der Waals surface area (Å²) in [5, 5.41) is 0. The van der Waals surface area contributed by atoms with Gasteiger partial charge in [-0.05, 0) is 38.3 Å². The molecule has 0 N–H and O–H groups in total. The van der Waals surface area contributed by atoms with E-state index >= 15 is 0 Å². The smallest absolute Gasteiger partial charge is 0.0119 e. The van der Waals surface area contributed by atoms with E-state index in [0.29, 0.717) is 0 Å². The van der Waals surface area contributed by atoms with Crippen molar-refractivity contribution in [3.05, 3.63) is 0 Å². The Kier molecular flexibility index (Phi) is 3.38. The molecule has 0 aromatic carbocycles. The lowest BCUT2D eigenvalue weighted by atomic mass is 10.0. The molecule has 11 heavy (non-hydrogen) atoms. The van der Waals surface area contributed by atoms with Gasteiger partial charge < -0.3 is 4.90 Å². The quantitative estimate of drug-likeness (QED) is 0.605. The van der Waals surface area contributed by atoms with Crippen LogP contribution in [0.1, 0.15) is 40.0 Å². The minimum Gasteiger partial charge on any atom is -0.300 e. The summed E-state index contributed by atoms with van der Waals surface area (Å²) in [6.45, 7) is 9.62. The molecule has 66 valence electrons. The van der Waals surface area contributed by atoms with Crippen molar-refractivity contribution in [2.45, 2.75) is 46.1 Å². The number of hydrogen-bond acceptors (Lipinski definition) is 1. The Hall–Kier alpha value is -0.0400. The molecule has 0 radical (unpaired) electrons. The van der Waals surface area contributed by atoms with Crippen molar-refractivity contribution in [3.8, 4) is 0 Å². The molecule has 1 heterocycles. The van der Waals surface area contributed by atoms with Crippen LogP contribution in [0.15, 0.2) is 0 Å². The van der Waals surface area contributed by atoms with Crippen molar-refractivity contribution in [1.82, 2.24) is 4.90 Å². The van der Waals surface area contributed by atoms with Crippen LogP contribution in [0.25, 0.3) is 0 Å². The summed E-state index contributed by atoms with van der Waals surface area (Å²) in [5.74, 6) is 0.851. The van der Waals surface area contributed by atoms with Crippen LogP contribution in [0.4, 0.5) is 0 Å². The van der Waals surface area contributed by atoms with Gasteiger partial charge in [0.2, 0.25) is 0 Å². The molecular weight excluding hydrogens is 134 g/mol. The second kappa shape index (κ2) is 4.10. The zero-order chi connectivity index (χ0) is 8.27. The second-order valence-electron chi connectivity index (χ2n) is 3.99. The van der Waals surface area contributed by atoms with E-state index in [1.165, 1.54) is 32.4 Å². The molecule has 1 fully saturated rings. The van der Waals surface area contributed by atoms with Gasteiger partial charge in [0.05, 0.1) is 0 Å². The van der Waals surface area contributed by atoms with Gasteiger partial charge in [-0.2, -0.15) is 0 Å². The number of hydrogen-bond donors (Lipinski definition) is 0. The van der Waals surface area contributed by atoms with Gasteiger partial charge in [-0.25, -0.2) is 0 Å². The molecule has 0 aliphatic carbocycles. The van der Waals surface area contributed by atoms with Gasteiger partial charge in [0.25, 0.3) is 0 Å². The van der Waals surface area contributed by atoms with Crippen molar-refractivity contribution < 1.29 is 0 Å². The van der Waals surface area contributed by atoms with E-state index in [4.69, 9.17) is 0 Å². The highest BCUT2D eigenvalue weighted by molar-refractivity contribution is 4.80. The van der Waals surface area contributed by atoms with Gasteiger partial charge in [-0.15, -0.1) is 0 Å². The average Bonchev–Trinajstić information content (AvgIpc) is 2.36. The molecule has 1 nitrogen and oxygen atoms in total. The van der Waals surface area contributed by atoms with E-state index in [9.17, 15) is 0 Å². The maximum absolute atomic E-state index is 2.66. The standard InChI is InChI=1S/C10H21N/c1-4-7-11-8-5-6-10(11)9(2)3/h9-10H,4-8H2,1-3H3. The van der Waals surface area contributed by atoms with Gasteiger partial charge in [-0.3, -0.25) is 0 Å². The summed E-state index contributed by atoms with van der Waals surface area (Å²) in [7, 11) is 0. The Labute approximate surface area is 70.8 Å². The fourth-order valence-electron chi connectivity index (χ4n) is 2.17. The first-order chi connectivity index (χ1) is 5.25. The Morgan fingerprint density at radius 1 is 1.45 bits per heavy atom. The van der Waals surface area contributed by atoms with Crippen molar-refractivity contribution in [3.63, 3.8) is 0 Å². The van der Waals surface area contributed by atoms with E-state index < -0.39 is 0 Å². The summed E-state index contributed by atoms with van der Waals surface area (Å²) in [4.78, 5) is 2.66. The van der Waals surface area contributed by atoms with Crippen LogP contribution in [0.2, 0.25) is 0 Å². The molecule has 1 heteroatoms. The monoisotopic (exact) mass is 155 g/mol. The average molecular weight is 155 g/mol. The van der Waals surface area contributed by atoms with E-state index in [-0.39, 0.29) is 0 Å². The maximum atomic E-state index is 2.66. The Morgan fingerprint density at radius 2 is 2.18 bits per heavy atom. The molecule has 1 atom stereocenters. The van der Waals surface area contributed by atoms with E-state index in [1.54, 1.807) is 0 Å². The fourth-order valence-corrected chi connectivity index (χ4v) is 2.17. The molecule has 0 amide bonds. The first-order valence-electron chi connectivity index (χ1n) is 4.99. The lowest BCUT2D eigenvalue weighted by molar-refractivity contribution is 0.207. The third-order valence-corrected chi connectivity index (χ3v) is 2.69.